The zero-order valence-electron chi connectivity index (χ0n) is 9.79. The summed E-state index contributed by atoms with van der Waals surface area (Å²) < 4.78 is 5.87. The van der Waals surface area contributed by atoms with Gasteiger partial charge in [-0.15, -0.1) is 11.8 Å². The third-order valence-electron chi connectivity index (χ3n) is 3.44. The van der Waals surface area contributed by atoms with E-state index >= 15 is 0 Å². The standard InChI is InChI=1S/C12H21NOS/c1-10-11(9-13-6-3-4-7-13)14-8-5-12(10)15-2/h11H,3-9H2,1-2H3. The Morgan fingerprint density at radius 2 is 2.13 bits per heavy atom. The number of rotatable bonds is 3. The van der Waals surface area contributed by atoms with E-state index in [9.17, 15) is 0 Å². The fraction of sp³-hybridized carbons (Fsp3) is 0.833. The van der Waals surface area contributed by atoms with Crippen molar-refractivity contribution in [2.45, 2.75) is 32.3 Å². The van der Waals surface area contributed by atoms with Crippen molar-refractivity contribution >= 4 is 11.8 Å². The van der Waals surface area contributed by atoms with E-state index in [2.05, 4.69) is 18.1 Å². The third kappa shape index (κ3) is 2.77. The normalized spacial score (nSPS) is 28.8. The zero-order chi connectivity index (χ0) is 10.7. The molecule has 0 aliphatic carbocycles. The molecule has 15 heavy (non-hydrogen) atoms. The Morgan fingerprint density at radius 1 is 1.40 bits per heavy atom. The second kappa shape index (κ2) is 5.37. The van der Waals surface area contributed by atoms with E-state index in [1.165, 1.54) is 31.5 Å². The molecule has 2 heterocycles. The fourth-order valence-corrected chi connectivity index (χ4v) is 3.19. The lowest BCUT2D eigenvalue weighted by molar-refractivity contribution is 0.0470. The molecule has 0 radical (unpaired) electrons. The molecule has 1 unspecified atom stereocenters. The Bertz CT molecular complexity index is 246. The summed E-state index contributed by atoms with van der Waals surface area (Å²) in [6.07, 6.45) is 6.38. The van der Waals surface area contributed by atoms with Gasteiger partial charge in [0.25, 0.3) is 0 Å². The molecule has 0 amide bonds. The van der Waals surface area contributed by atoms with Crippen molar-refractivity contribution in [3.05, 3.63) is 10.5 Å². The van der Waals surface area contributed by atoms with E-state index in [4.69, 9.17) is 4.74 Å². The van der Waals surface area contributed by atoms with Crippen LogP contribution in [0.15, 0.2) is 10.5 Å². The lowest BCUT2D eigenvalue weighted by Crippen LogP contribution is -2.35. The quantitative estimate of drug-likeness (QED) is 0.735. The van der Waals surface area contributed by atoms with Gasteiger partial charge in [-0.2, -0.15) is 0 Å². The summed E-state index contributed by atoms with van der Waals surface area (Å²) >= 11 is 1.90. The Balaban J connectivity index is 1.95. The van der Waals surface area contributed by atoms with Gasteiger partial charge in [-0.25, -0.2) is 0 Å². The Kier molecular flexibility index (Phi) is 4.12. The second-order valence-corrected chi connectivity index (χ2v) is 5.33. The average Bonchev–Trinajstić information content (AvgIpc) is 2.74. The minimum absolute atomic E-state index is 0.360. The van der Waals surface area contributed by atoms with Crippen molar-refractivity contribution in [2.24, 2.45) is 0 Å². The van der Waals surface area contributed by atoms with Crippen LogP contribution >= 0.6 is 11.8 Å². The molecule has 1 saturated heterocycles. The minimum atomic E-state index is 0.360. The molecular formula is C12H21NOS. The van der Waals surface area contributed by atoms with Crippen LogP contribution < -0.4 is 0 Å². The van der Waals surface area contributed by atoms with Crippen molar-refractivity contribution < 1.29 is 4.74 Å². The van der Waals surface area contributed by atoms with Crippen molar-refractivity contribution in [2.75, 3.05) is 32.5 Å². The van der Waals surface area contributed by atoms with Gasteiger partial charge in [0.05, 0.1) is 12.7 Å². The van der Waals surface area contributed by atoms with Gasteiger partial charge in [-0.05, 0) is 49.6 Å². The average molecular weight is 227 g/mol. The van der Waals surface area contributed by atoms with Gasteiger partial charge in [0.1, 0.15) is 0 Å². The molecule has 0 saturated carbocycles. The third-order valence-corrected chi connectivity index (χ3v) is 4.46. The van der Waals surface area contributed by atoms with Crippen LogP contribution in [0.25, 0.3) is 0 Å². The summed E-state index contributed by atoms with van der Waals surface area (Å²) in [5, 5.41) is 0. The van der Waals surface area contributed by atoms with E-state index in [0.29, 0.717) is 6.10 Å². The number of likely N-dealkylation sites (tertiary alicyclic amines) is 1. The van der Waals surface area contributed by atoms with Crippen LogP contribution in [0.5, 0.6) is 0 Å². The highest BCUT2D eigenvalue weighted by atomic mass is 32.2. The van der Waals surface area contributed by atoms with E-state index < -0.39 is 0 Å². The predicted octanol–water partition coefficient (Wildman–Crippen LogP) is 2.51. The molecule has 3 heteroatoms. The lowest BCUT2D eigenvalue weighted by Gasteiger charge is -2.29. The fourth-order valence-electron chi connectivity index (χ4n) is 2.45. The monoisotopic (exact) mass is 227 g/mol. The van der Waals surface area contributed by atoms with Gasteiger partial charge < -0.3 is 9.64 Å². The molecule has 0 spiro atoms. The number of thioether (sulfide) groups is 1. The number of hydrogen-bond acceptors (Lipinski definition) is 3. The molecule has 0 bridgehead atoms. The summed E-state index contributed by atoms with van der Waals surface area (Å²) in [7, 11) is 0. The Hall–Kier alpha value is 0.01000. The second-order valence-electron chi connectivity index (χ2n) is 4.43. The van der Waals surface area contributed by atoms with Gasteiger partial charge in [-0.1, -0.05) is 0 Å². The molecule has 2 rings (SSSR count). The molecule has 0 N–H and O–H groups in total. The van der Waals surface area contributed by atoms with Gasteiger partial charge in [0.2, 0.25) is 0 Å². The highest BCUT2D eigenvalue weighted by Crippen LogP contribution is 2.29. The maximum absolute atomic E-state index is 5.87. The van der Waals surface area contributed by atoms with Gasteiger partial charge in [0.15, 0.2) is 0 Å². The Labute approximate surface area is 97.0 Å². The molecule has 86 valence electrons. The summed E-state index contributed by atoms with van der Waals surface area (Å²) in [5.74, 6) is 0. The van der Waals surface area contributed by atoms with Crippen LogP contribution in [0.2, 0.25) is 0 Å². The molecule has 1 atom stereocenters. The predicted molar refractivity (Wildman–Crippen MR) is 66.2 cm³/mol. The van der Waals surface area contributed by atoms with Crippen LogP contribution in [-0.4, -0.2) is 43.5 Å². The molecule has 2 aliphatic rings. The molecule has 2 nitrogen and oxygen atoms in total. The van der Waals surface area contributed by atoms with Crippen molar-refractivity contribution in [3.63, 3.8) is 0 Å². The van der Waals surface area contributed by atoms with Gasteiger partial charge in [0, 0.05) is 13.0 Å². The topological polar surface area (TPSA) is 12.5 Å². The maximum atomic E-state index is 5.87. The first kappa shape index (κ1) is 11.5. The smallest absolute Gasteiger partial charge is 0.0919 e. The van der Waals surface area contributed by atoms with E-state index in [1.807, 2.05) is 11.8 Å². The first-order valence-corrected chi connectivity index (χ1v) is 7.11. The highest BCUT2D eigenvalue weighted by Gasteiger charge is 2.23. The largest absolute Gasteiger partial charge is 0.372 e. The van der Waals surface area contributed by atoms with Crippen molar-refractivity contribution in [3.8, 4) is 0 Å². The summed E-state index contributed by atoms with van der Waals surface area (Å²) in [4.78, 5) is 4.09. The summed E-state index contributed by atoms with van der Waals surface area (Å²) in [5.41, 5.74) is 1.47. The highest BCUT2D eigenvalue weighted by molar-refractivity contribution is 8.02. The van der Waals surface area contributed by atoms with Crippen LogP contribution in [-0.2, 0) is 4.74 Å². The van der Waals surface area contributed by atoms with Crippen LogP contribution in [0, 0.1) is 0 Å². The van der Waals surface area contributed by atoms with Crippen LogP contribution in [0.4, 0.5) is 0 Å². The lowest BCUT2D eigenvalue weighted by atomic mass is 10.1. The first-order valence-electron chi connectivity index (χ1n) is 5.89. The number of hydrogen-bond donors (Lipinski definition) is 0. The van der Waals surface area contributed by atoms with E-state index in [-0.39, 0.29) is 0 Å². The Morgan fingerprint density at radius 3 is 2.80 bits per heavy atom. The molecule has 0 aromatic heterocycles. The van der Waals surface area contributed by atoms with Gasteiger partial charge >= 0.3 is 0 Å². The molecule has 0 aromatic rings. The molecular weight excluding hydrogens is 206 g/mol. The van der Waals surface area contributed by atoms with Gasteiger partial charge in [-0.3, -0.25) is 0 Å². The molecule has 2 aliphatic heterocycles. The zero-order valence-corrected chi connectivity index (χ0v) is 10.6. The minimum Gasteiger partial charge on any atom is -0.372 e. The first-order chi connectivity index (χ1) is 7.31. The van der Waals surface area contributed by atoms with Crippen molar-refractivity contribution in [1.82, 2.24) is 4.90 Å². The number of ether oxygens (including phenoxy) is 1. The molecule has 1 fully saturated rings. The summed E-state index contributed by atoms with van der Waals surface area (Å²) in [6.45, 7) is 6.79. The van der Waals surface area contributed by atoms with Crippen LogP contribution in [0.1, 0.15) is 26.2 Å². The molecule has 0 aromatic carbocycles. The maximum Gasteiger partial charge on any atom is 0.0919 e. The van der Waals surface area contributed by atoms with E-state index in [0.717, 1.165) is 19.6 Å². The summed E-state index contributed by atoms with van der Waals surface area (Å²) in [6, 6.07) is 0. The SMILES string of the molecule is CSC1=C(C)C(CN2CCCC2)OCC1. The van der Waals surface area contributed by atoms with Crippen molar-refractivity contribution in [1.29, 1.82) is 0 Å². The van der Waals surface area contributed by atoms with Crippen LogP contribution in [0.3, 0.4) is 0 Å². The number of nitrogens with zero attached hydrogens (tertiary/aromatic N) is 1. The van der Waals surface area contributed by atoms with E-state index in [1.54, 1.807) is 4.91 Å².